The Labute approximate surface area is 111 Å². The molecule has 1 aliphatic rings. The second-order valence-electron chi connectivity index (χ2n) is 4.54. The molecule has 2 N–H and O–H groups in total. The molecule has 1 rings (SSSR count). The van der Waals surface area contributed by atoms with Crippen LogP contribution in [0.2, 0.25) is 0 Å². The van der Waals surface area contributed by atoms with Gasteiger partial charge < -0.3 is 0 Å². The SMILES string of the molecule is CCCC(C)C1(CSCC)C(=O)NC(=O)NC1=O. The van der Waals surface area contributed by atoms with Crippen LogP contribution in [0.15, 0.2) is 0 Å². The van der Waals surface area contributed by atoms with E-state index in [0.717, 1.165) is 18.6 Å². The average Bonchev–Trinajstić information content (AvgIpc) is 2.28. The third-order valence-electron chi connectivity index (χ3n) is 3.36. The van der Waals surface area contributed by atoms with Crippen LogP contribution in [-0.2, 0) is 9.59 Å². The van der Waals surface area contributed by atoms with Gasteiger partial charge in [0.15, 0.2) is 0 Å². The fraction of sp³-hybridized carbons (Fsp3) is 0.750. The molecule has 4 amide bonds. The maximum absolute atomic E-state index is 12.2. The first-order chi connectivity index (χ1) is 8.48. The van der Waals surface area contributed by atoms with Crippen molar-refractivity contribution in [3.63, 3.8) is 0 Å². The molecule has 1 heterocycles. The summed E-state index contributed by atoms with van der Waals surface area (Å²) in [5, 5.41) is 4.45. The van der Waals surface area contributed by atoms with E-state index in [2.05, 4.69) is 10.6 Å². The van der Waals surface area contributed by atoms with E-state index < -0.39 is 23.3 Å². The minimum absolute atomic E-state index is 0.0883. The Bertz CT molecular complexity index is 337. The largest absolute Gasteiger partial charge is 0.328 e. The highest BCUT2D eigenvalue weighted by atomic mass is 32.2. The summed E-state index contributed by atoms with van der Waals surface area (Å²) >= 11 is 1.54. The molecule has 0 saturated carbocycles. The number of rotatable bonds is 6. The third kappa shape index (κ3) is 2.68. The summed E-state index contributed by atoms with van der Waals surface area (Å²) in [5.74, 6) is 0.232. The number of thioether (sulfide) groups is 1. The Morgan fingerprint density at radius 1 is 1.17 bits per heavy atom. The van der Waals surface area contributed by atoms with Gasteiger partial charge in [0.25, 0.3) is 0 Å². The molecule has 0 aromatic rings. The molecule has 1 fully saturated rings. The number of barbiturate groups is 1. The summed E-state index contributed by atoms with van der Waals surface area (Å²) in [6.07, 6.45) is 1.67. The molecule has 0 radical (unpaired) electrons. The molecule has 6 heteroatoms. The first-order valence-electron chi connectivity index (χ1n) is 6.23. The van der Waals surface area contributed by atoms with Crippen molar-refractivity contribution in [2.45, 2.75) is 33.6 Å². The third-order valence-corrected chi connectivity index (χ3v) is 4.43. The van der Waals surface area contributed by atoms with Crippen LogP contribution >= 0.6 is 11.8 Å². The van der Waals surface area contributed by atoms with E-state index in [9.17, 15) is 14.4 Å². The van der Waals surface area contributed by atoms with Crippen LogP contribution in [-0.4, -0.2) is 29.4 Å². The van der Waals surface area contributed by atoms with Gasteiger partial charge in [0, 0.05) is 5.75 Å². The Hall–Kier alpha value is -1.04. The second-order valence-corrected chi connectivity index (χ2v) is 5.81. The first kappa shape index (κ1) is 15.0. The fourth-order valence-corrected chi connectivity index (χ4v) is 3.30. The first-order valence-corrected chi connectivity index (χ1v) is 7.39. The van der Waals surface area contributed by atoms with Crippen molar-refractivity contribution in [2.75, 3.05) is 11.5 Å². The standard InChI is InChI=1S/C12H20N2O3S/c1-4-6-8(3)12(7-18-5-2)9(15)13-11(17)14-10(12)16/h8H,4-7H2,1-3H3,(H2,13,14,15,16,17). The molecule has 0 bridgehead atoms. The molecule has 1 atom stereocenters. The van der Waals surface area contributed by atoms with Crippen LogP contribution < -0.4 is 10.6 Å². The molecule has 0 aliphatic carbocycles. The lowest BCUT2D eigenvalue weighted by molar-refractivity contribution is -0.146. The summed E-state index contributed by atoms with van der Waals surface area (Å²) in [7, 11) is 0. The predicted octanol–water partition coefficient (Wildman–Crippen LogP) is 1.53. The summed E-state index contributed by atoms with van der Waals surface area (Å²) in [6.45, 7) is 5.89. The quantitative estimate of drug-likeness (QED) is 0.719. The molecule has 1 aliphatic heterocycles. The minimum Gasteiger partial charge on any atom is -0.277 e. The molecule has 1 unspecified atom stereocenters. The normalized spacial score (nSPS) is 20.3. The zero-order valence-electron chi connectivity index (χ0n) is 11.0. The number of hydrogen-bond donors (Lipinski definition) is 2. The molecular formula is C12H20N2O3S. The zero-order valence-corrected chi connectivity index (χ0v) is 11.9. The highest BCUT2D eigenvalue weighted by molar-refractivity contribution is 7.99. The summed E-state index contributed by atoms with van der Waals surface area (Å²) in [5.41, 5.74) is -1.12. The summed E-state index contributed by atoms with van der Waals surface area (Å²) < 4.78 is 0. The molecule has 102 valence electrons. The van der Waals surface area contributed by atoms with Crippen molar-refractivity contribution in [1.29, 1.82) is 0 Å². The maximum atomic E-state index is 12.2. The van der Waals surface area contributed by atoms with Crippen molar-refractivity contribution in [3.05, 3.63) is 0 Å². The van der Waals surface area contributed by atoms with Crippen molar-refractivity contribution in [3.8, 4) is 0 Å². The number of imide groups is 2. The van der Waals surface area contributed by atoms with Gasteiger partial charge in [0.1, 0.15) is 5.41 Å². The zero-order chi connectivity index (χ0) is 13.8. The number of urea groups is 1. The van der Waals surface area contributed by atoms with E-state index in [1.165, 1.54) is 0 Å². The van der Waals surface area contributed by atoms with Gasteiger partial charge in [-0.15, -0.1) is 0 Å². The average molecular weight is 272 g/mol. The van der Waals surface area contributed by atoms with Crippen LogP contribution in [0.1, 0.15) is 33.6 Å². The fourth-order valence-electron chi connectivity index (χ4n) is 2.23. The number of amides is 4. The van der Waals surface area contributed by atoms with Gasteiger partial charge >= 0.3 is 6.03 Å². The highest BCUT2D eigenvalue weighted by Crippen LogP contribution is 2.36. The van der Waals surface area contributed by atoms with Crippen LogP contribution in [0.4, 0.5) is 4.79 Å². The van der Waals surface area contributed by atoms with E-state index >= 15 is 0 Å². The maximum Gasteiger partial charge on any atom is 0.328 e. The highest BCUT2D eigenvalue weighted by Gasteiger charge is 2.53. The second kappa shape index (κ2) is 6.22. The van der Waals surface area contributed by atoms with Gasteiger partial charge in [0.2, 0.25) is 11.8 Å². The van der Waals surface area contributed by atoms with Crippen LogP contribution in [0.5, 0.6) is 0 Å². The van der Waals surface area contributed by atoms with Crippen molar-refractivity contribution < 1.29 is 14.4 Å². The van der Waals surface area contributed by atoms with E-state index in [0.29, 0.717) is 5.75 Å². The lowest BCUT2D eigenvalue weighted by Crippen LogP contribution is -2.65. The predicted molar refractivity (Wildman–Crippen MR) is 71.2 cm³/mol. The van der Waals surface area contributed by atoms with Crippen molar-refractivity contribution in [1.82, 2.24) is 10.6 Å². The molecule has 5 nitrogen and oxygen atoms in total. The summed E-state index contributed by atoms with van der Waals surface area (Å²) in [4.78, 5) is 35.5. The van der Waals surface area contributed by atoms with Crippen molar-refractivity contribution >= 4 is 29.6 Å². The van der Waals surface area contributed by atoms with Crippen molar-refractivity contribution in [2.24, 2.45) is 11.3 Å². The monoisotopic (exact) mass is 272 g/mol. The summed E-state index contributed by atoms with van der Waals surface area (Å²) in [6, 6.07) is -0.717. The van der Waals surface area contributed by atoms with Crippen LogP contribution in [0, 0.1) is 11.3 Å². The Kier molecular flexibility index (Phi) is 5.19. The van der Waals surface area contributed by atoms with E-state index in [1.807, 2.05) is 20.8 Å². The molecule has 0 aromatic heterocycles. The van der Waals surface area contributed by atoms with E-state index in [4.69, 9.17) is 0 Å². The number of hydrogen-bond acceptors (Lipinski definition) is 4. The molecule has 1 saturated heterocycles. The smallest absolute Gasteiger partial charge is 0.277 e. The number of nitrogens with one attached hydrogen (secondary N) is 2. The Balaban J connectivity index is 3.04. The van der Waals surface area contributed by atoms with Gasteiger partial charge in [0.05, 0.1) is 0 Å². The van der Waals surface area contributed by atoms with Gasteiger partial charge in [-0.3, -0.25) is 20.2 Å². The van der Waals surface area contributed by atoms with Crippen LogP contribution in [0.3, 0.4) is 0 Å². The van der Waals surface area contributed by atoms with Crippen LogP contribution in [0.25, 0.3) is 0 Å². The molecule has 18 heavy (non-hydrogen) atoms. The number of carbonyl (C=O) groups is 3. The van der Waals surface area contributed by atoms with E-state index in [1.54, 1.807) is 11.8 Å². The molecule has 0 aromatic carbocycles. The number of carbonyl (C=O) groups excluding carboxylic acids is 3. The van der Waals surface area contributed by atoms with Gasteiger partial charge in [-0.1, -0.05) is 27.2 Å². The van der Waals surface area contributed by atoms with Gasteiger partial charge in [-0.2, -0.15) is 11.8 Å². The van der Waals surface area contributed by atoms with Gasteiger partial charge in [-0.05, 0) is 18.1 Å². The Morgan fingerprint density at radius 3 is 2.17 bits per heavy atom. The molecular weight excluding hydrogens is 252 g/mol. The molecule has 0 spiro atoms. The van der Waals surface area contributed by atoms with Gasteiger partial charge in [-0.25, -0.2) is 4.79 Å². The minimum atomic E-state index is -1.12. The van der Waals surface area contributed by atoms with E-state index in [-0.39, 0.29) is 5.92 Å². The topological polar surface area (TPSA) is 75.3 Å². The Morgan fingerprint density at radius 2 is 1.72 bits per heavy atom. The lowest BCUT2D eigenvalue weighted by atomic mass is 9.73. The lowest BCUT2D eigenvalue weighted by Gasteiger charge is -2.38.